The van der Waals surface area contributed by atoms with E-state index in [1.807, 2.05) is 60.7 Å². The molecule has 0 saturated carbocycles. The van der Waals surface area contributed by atoms with E-state index in [9.17, 15) is 9.59 Å². The van der Waals surface area contributed by atoms with Crippen LogP contribution in [-0.4, -0.2) is 35.1 Å². The van der Waals surface area contributed by atoms with Crippen LogP contribution in [0.5, 0.6) is 0 Å². The van der Waals surface area contributed by atoms with Gasteiger partial charge in [-0.25, -0.2) is 0 Å². The third-order valence-electron chi connectivity index (χ3n) is 6.30. The first-order valence-electron chi connectivity index (χ1n) is 12.6. The van der Waals surface area contributed by atoms with Crippen molar-refractivity contribution in [2.45, 2.75) is 52.5 Å². The van der Waals surface area contributed by atoms with Crippen LogP contribution in [0.2, 0.25) is 0 Å². The molecule has 3 aromatic rings. The minimum Gasteiger partial charge on any atom is -0.354 e. The van der Waals surface area contributed by atoms with Crippen LogP contribution in [0, 0.1) is 19.8 Å². The van der Waals surface area contributed by atoms with E-state index < -0.39 is 6.04 Å². The number of hydrogen-bond donors (Lipinski definition) is 1. The van der Waals surface area contributed by atoms with Crippen LogP contribution >= 0.6 is 11.8 Å². The Morgan fingerprint density at radius 2 is 1.42 bits per heavy atom. The fourth-order valence-electron chi connectivity index (χ4n) is 4.05. The molecule has 0 aliphatic carbocycles. The third-order valence-corrected chi connectivity index (χ3v) is 7.27. The highest BCUT2D eigenvalue weighted by atomic mass is 32.2. The van der Waals surface area contributed by atoms with Crippen LogP contribution in [0.15, 0.2) is 78.9 Å². The average Bonchev–Trinajstić information content (AvgIpc) is 2.87. The zero-order valence-corrected chi connectivity index (χ0v) is 22.7. The van der Waals surface area contributed by atoms with Gasteiger partial charge in [-0.1, -0.05) is 92.7 Å². The molecule has 0 spiro atoms. The fraction of sp³-hybridized carbons (Fsp3) is 0.355. The lowest BCUT2D eigenvalue weighted by Gasteiger charge is -2.32. The number of amides is 2. The van der Waals surface area contributed by atoms with Gasteiger partial charge in [0, 0.05) is 25.3 Å². The van der Waals surface area contributed by atoms with Crippen LogP contribution in [0.3, 0.4) is 0 Å². The van der Waals surface area contributed by atoms with Crippen LogP contribution in [0.1, 0.15) is 41.7 Å². The molecule has 36 heavy (non-hydrogen) atoms. The number of hydrogen-bond acceptors (Lipinski definition) is 3. The molecule has 0 fully saturated rings. The summed E-state index contributed by atoms with van der Waals surface area (Å²) in [5.74, 6) is 1.30. The molecule has 4 nitrogen and oxygen atoms in total. The molecular weight excluding hydrogens is 464 g/mol. The van der Waals surface area contributed by atoms with Gasteiger partial charge < -0.3 is 10.2 Å². The van der Waals surface area contributed by atoms with Gasteiger partial charge in [0.05, 0.1) is 5.75 Å². The van der Waals surface area contributed by atoms with Crippen molar-refractivity contribution in [1.29, 1.82) is 0 Å². The molecular formula is C31H38N2O2S. The number of nitrogens with zero attached hydrogens (tertiary/aromatic N) is 1. The number of carbonyl (C=O) groups excluding carboxylic acids is 2. The van der Waals surface area contributed by atoms with Crippen molar-refractivity contribution in [2.24, 2.45) is 5.92 Å². The Kier molecular flexibility index (Phi) is 10.6. The Hall–Kier alpha value is -3.05. The standard InChI is InChI=1S/C31H38N2O2S/c1-23(2)19-32-31(35)29(18-26-14-6-5-7-15-26)33(20-27-16-10-8-12-24(27)3)30(34)22-36-21-28-17-11-9-13-25(28)4/h5-17,23,29H,18-22H2,1-4H3,(H,32,35)/t29-/m0/s1. The molecule has 5 heteroatoms. The lowest BCUT2D eigenvalue weighted by molar-refractivity contribution is -0.139. The zero-order chi connectivity index (χ0) is 25.9. The smallest absolute Gasteiger partial charge is 0.243 e. The second-order valence-corrected chi connectivity index (χ2v) is 10.7. The van der Waals surface area contributed by atoms with E-state index in [-0.39, 0.29) is 11.8 Å². The maximum absolute atomic E-state index is 13.7. The van der Waals surface area contributed by atoms with Gasteiger partial charge >= 0.3 is 0 Å². The van der Waals surface area contributed by atoms with E-state index in [1.54, 1.807) is 16.7 Å². The van der Waals surface area contributed by atoms with Gasteiger partial charge in [0.2, 0.25) is 11.8 Å². The van der Waals surface area contributed by atoms with Crippen molar-refractivity contribution in [2.75, 3.05) is 12.3 Å². The Balaban J connectivity index is 1.86. The Bertz CT molecular complexity index is 1130. The summed E-state index contributed by atoms with van der Waals surface area (Å²) in [7, 11) is 0. The van der Waals surface area contributed by atoms with Crippen LogP contribution in [-0.2, 0) is 28.3 Å². The highest BCUT2D eigenvalue weighted by Crippen LogP contribution is 2.21. The summed E-state index contributed by atoms with van der Waals surface area (Å²) < 4.78 is 0. The minimum absolute atomic E-state index is 0.0162. The topological polar surface area (TPSA) is 49.4 Å². The number of carbonyl (C=O) groups is 2. The first-order chi connectivity index (χ1) is 17.3. The number of nitrogens with one attached hydrogen (secondary N) is 1. The molecule has 3 aromatic carbocycles. The zero-order valence-electron chi connectivity index (χ0n) is 21.9. The van der Waals surface area contributed by atoms with Gasteiger partial charge in [-0.05, 0) is 47.6 Å². The quantitative estimate of drug-likeness (QED) is 0.333. The van der Waals surface area contributed by atoms with Gasteiger partial charge in [0.25, 0.3) is 0 Å². The molecule has 0 aliphatic rings. The minimum atomic E-state index is -0.586. The molecule has 0 heterocycles. The number of rotatable bonds is 12. The van der Waals surface area contributed by atoms with E-state index >= 15 is 0 Å². The van der Waals surface area contributed by atoms with E-state index in [0.717, 1.165) is 22.4 Å². The summed E-state index contributed by atoms with van der Waals surface area (Å²) in [5, 5.41) is 3.09. The van der Waals surface area contributed by atoms with Crippen molar-refractivity contribution in [3.8, 4) is 0 Å². The number of benzene rings is 3. The Morgan fingerprint density at radius 1 is 0.833 bits per heavy atom. The van der Waals surface area contributed by atoms with Crippen LogP contribution < -0.4 is 5.32 Å². The molecule has 0 bridgehead atoms. The lowest BCUT2D eigenvalue weighted by Crippen LogP contribution is -2.51. The molecule has 1 atom stereocenters. The predicted molar refractivity (Wildman–Crippen MR) is 151 cm³/mol. The molecule has 0 saturated heterocycles. The molecule has 190 valence electrons. The second kappa shape index (κ2) is 13.9. The van der Waals surface area contributed by atoms with Crippen molar-refractivity contribution in [3.63, 3.8) is 0 Å². The van der Waals surface area contributed by atoms with Crippen molar-refractivity contribution in [3.05, 3.63) is 107 Å². The third kappa shape index (κ3) is 8.27. The van der Waals surface area contributed by atoms with E-state index in [4.69, 9.17) is 0 Å². The molecule has 0 unspecified atom stereocenters. The molecule has 3 rings (SSSR count). The lowest BCUT2D eigenvalue weighted by atomic mass is 10.0. The van der Waals surface area contributed by atoms with Crippen molar-refractivity contribution < 1.29 is 9.59 Å². The number of aryl methyl sites for hydroxylation is 2. The Morgan fingerprint density at radius 3 is 2.03 bits per heavy atom. The van der Waals surface area contributed by atoms with Gasteiger partial charge in [0.15, 0.2) is 0 Å². The molecule has 0 radical (unpaired) electrons. The van der Waals surface area contributed by atoms with Gasteiger partial charge in [-0.3, -0.25) is 9.59 Å². The summed E-state index contributed by atoms with van der Waals surface area (Å²) in [4.78, 5) is 29.0. The first kappa shape index (κ1) is 27.5. The predicted octanol–water partition coefficient (Wildman–Crippen LogP) is 5.95. The second-order valence-electron chi connectivity index (χ2n) is 9.71. The summed E-state index contributed by atoms with van der Waals surface area (Å²) in [6.07, 6.45) is 0.477. The van der Waals surface area contributed by atoms with Gasteiger partial charge in [0.1, 0.15) is 6.04 Å². The first-order valence-corrected chi connectivity index (χ1v) is 13.8. The summed E-state index contributed by atoms with van der Waals surface area (Å²) in [5.41, 5.74) is 5.67. The van der Waals surface area contributed by atoms with E-state index in [0.29, 0.717) is 31.2 Å². The number of thioether (sulfide) groups is 1. The molecule has 1 N–H and O–H groups in total. The maximum Gasteiger partial charge on any atom is 0.243 e. The van der Waals surface area contributed by atoms with Crippen LogP contribution in [0.25, 0.3) is 0 Å². The molecule has 0 aliphatic heterocycles. The normalized spacial score (nSPS) is 11.8. The highest BCUT2D eigenvalue weighted by molar-refractivity contribution is 7.99. The van der Waals surface area contributed by atoms with Crippen molar-refractivity contribution >= 4 is 23.6 Å². The van der Waals surface area contributed by atoms with Gasteiger partial charge in [-0.2, -0.15) is 0 Å². The summed E-state index contributed by atoms with van der Waals surface area (Å²) in [6, 6.07) is 25.7. The van der Waals surface area contributed by atoms with Crippen LogP contribution in [0.4, 0.5) is 0 Å². The molecule has 2 amide bonds. The van der Waals surface area contributed by atoms with Crippen molar-refractivity contribution in [1.82, 2.24) is 10.2 Å². The fourth-order valence-corrected chi connectivity index (χ4v) is 5.04. The van der Waals surface area contributed by atoms with E-state index in [2.05, 4.69) is 51.2 Å². The summed E-state index contributed by atoms with van der Waals surface area (Å²) in [6.45, 7) is 9.28. The molecule has 0 aromatic heterocycles. The summed E-state index contributed by atoms with van der Waals surface area (Å²) >= 11 is 1.60. The highest BCUT2D eigenvalue weighted by Gasteiger charge is 2.30. The average molecular weight is 503 g/mol. The maximum atomic E-state index is 13.7. The Labute approximate surface area is 220 Å². The SMILES string of the molecule is Cc1ccccc1CSCC(=O)N(Cc1ccccc1C)[C@@H](Cc1ccccc1)C(=O)NCC(C)C. The largest absolute Gasteiger partial charge is 0.354 e. The van der Waals surface area contributed by atoms with E-state index in [1.165, 1.54) is 11.1 Å². The monoisotopic (exact) mass is 502 g/mol. The van der Waals surface area contributed by atoms with Gasteiger partial charge in [-0.15, -0.1) is 11.8 Å².